The number of methoxy groups -OCH3 is 1. The molecule has 1 saturated carbocycles. The first-order chi connectivity index (χ1) is 16.2. The SMILES string of the molecule is COc1ccc(OCC(=O)N2C[C@H]3[C@@H]([C@@H]2C(=O)N[C@H](C=O)C[C@@H]2CCNC2=O)C3(C)C)cc1F. The number of aldehydes is 1. The van der Waals surface area contributed by atoms with Crippen LogP contribution < -0.4 is 20.1 Å². The van der Waals surface area contributed by atoms with Crippen LogP contribution in [0, 0.1) is 29.0 Å². The van der Waals surface area contributed by atoms with Gasteiger partial charge in [0, 0.05) is 25.1 Å². The highest BCUT2D eigenvalue weighted by Gasteiger charge is 2.69. The molecule has 0 aromatic heterocycles. The summed E-state index contributed by atoms with van der Waals surface area (Å²) in [5, 5.41) is 5.47. The fraction of sp³-hybridized carbons (Fsp3) is 0.583. The van der Waals surface area contributed by atoms with E-state index < -0.39 is 29.7 Å². The van der Waals surface area contributed by atoms with Gasteiger partial charge in [0.1, 0.15) is 18.1 Å². The Morgan fingerprint density at radius 2 is 2.15 bits per heavy atom. The predicted octanol–water partition coefficient (Wildman–Crippen LogP) is 0.906. The van der Waals surface area contributed by atoms with Crippen molar-refractivity contribution in [3.63, 3.8) is 0 Å². The Morgan fingerprint density at radius 3 is 2.76 bits per heavy atom. The molecule has 0 bridgehead atoms. The number of nitrogens with zero attached hydrogens (tertiary/aromatic N) is 1. The third-order valence-electron chi connectivity index (χ3n) is 7.48. The molecule has 3 aliphatic rings. The third kappa shape index (κ3) is 4.45. The van der Waals surface area contributed by atoms with Crippen LogP contribution in [0.4, 0.5) is 4.39 Å². The van der Waals surface area contributed by atoms with E-state index >= 15 is 0 Å². The van der Waals surface area contributed by atoms with Crippen molar-refractivity contribution in [2.24, 2.45) is 23.2 Å². The number of fused-ring (bicyclic) bond motifs is 1. The molecule has 5 atom stereocenters. The minimum Gasteiger partial charge on any atom is -0.494 e. The van der Waals surface area contributed by atoms with E-state index in [9.17, 15) is 23.6 Å². The van der Waals surface area contributed by atoms with E-state index in [1.807, 2.05) is 0 Å². The molecule has 1 aromatic carbocycles. The van der Waals surface area contributed by atoms with Crippen molar-refractivity contribution in [3.8, 4) is 11.5 Å². The lowest BCUT2D eigenvalue weighted by Gasteiger charge is -2.31. The number of carbonyl (C=O) groups excluding carboxylic acids is 4. The molecule has 2 heterocycles. The summed E-state index contributed by atoms with van der Waals surface area (Å²) in [7, 11) is 1.35. The summed E-state index contributed by atoms with van der Waals surface area (Å²) >= 11 is 0. The molecule has 4 rings (SSSR count). The predicted molar refractivity (Wildman–Crippen MR) is 118 cm³/mol. The van der Waals surface area contributed by atoms with Gasteiger partial charge >= 0.3 is 0 Å². The van der Waals surface area contributed by atoms with Gasteiger partial charge in [-0.15, -0.1) is 0 Å². The van der Waals surface area contributed by atoms with Gasteiger partial charge in [-0.25, -0.2) is 4.39 Å². The third-order valence-corrected chi connectivity index (χ3v) is 7.48. The summed E-state index contributed by atoms with van der Waals surface area (Å²) in [6.45, 7) is 4.73. The fourth-order valence-corrected chi connectivity index (χ4v) is 5.40. The average molecular weight is 476 g/mol. The first kappa shape index (κ1) is 24.0. The first-order valence-electron chi connectivity index (χ1n) is 11.5. The van der Waals surface area contributed by atoms with Crippen molar-refractivity contribution in [2.75, 3.05) is 26.8 Å². The molecule has 10 heteroatoms. The van der Waals surface area contributed by atoms with Gasteiger partial charge in [-0.3, -0.25) is 14.4 Å². The van der Waals surface area contributed by atoms with Crippen molar-refractivity contribution < 1.29 is 33.0 Å². The van der Waals surface area contributed by atoms with Gasteiger partial charge in [-0.2, -0.15) is 0 Å². The van der Waals surface area contributed by atoms with E-state index in [0.29, 0.717) is 25.8 Å². The molecule has 3 fully saturated rings. The molecule has 0 radical (unpaired) electrons. The van der Waals surface area contributed by atoms with Gasteiger partial charge in [-0.1, -0.05) is 13.8 Å². The van der Waals surface area contributed by atoms with Crippen LogP contribution >= 0.6 is 0 Å². The molecule has 2 N–H and O–H groups in total. The van der Waals surface area contributed by atoms with E-state index in [1.165, 1.54) is 24.1 Å². The number of ether oxygens (including phenoxy) is 2. The van der Waals surface area contributed by atoms with Crippen LogP contribution in [-0.2, 0) is 19.2 Å². The van der Waals surface area contributed by atoms with Crippen LogP contribution in [0.25, 0.3) is 0 Å². The smallest absolute Gasteiger partial charge is 0.261 e. The van der Waals surface area contributed by atoms with E-state index in [4.69, 9.17) is 9.47 Å². The number of benzene rings is 1. The molecule has 184 valence electrons. The summed E-state index contributed by atoms with van der Waals surface area (Å²) in [5.41, 5.74) is -0.0965. The molecule has 0 spiro atoms. The van der Waals surface area contributed by atoms with E-state index in [1.54, 1.807) is 0 Å². The lowest BCUT2D eigenvalue weighted by molar-refractivity contribution is -0.142. The topological polar surface area (TPSA) is 114 Å². The largest absolute Gasteiger partial charge is 0.494 e. The highest BCUT2D eigenvalue weighted by molar-refractivity contribution is 5.91. The van der Waals surface area contributed by atoms with Gasteiger partial charge in [0.15, 0.2) is 18.2 Å². The number of nitrogens with one attached hydrogen (secondary N) is 2. The second-order valence-electron chi connectivity index (χ2n) is 9.79. The lowest BCUT2D eigenvalue weighted by atomic mass is 9.97. The highest BCUT2D eigenvalue weighted by atomic mass is 19.1. The van der Waals surface area contributed by atoms with Crippen LogP contribution in [-0.4, -0.2) is 67.8 Å². The van der Waals surface area contributed by atoms with Gasteiger partial charge < -0.3 is 29.8 Å². The fourth-order valence-electron chi connectivity index (χ4n) is 5.40. The monoisotopic (exact) mass is 475 g/mol. The minimum atomic E-state index is -0.808. The van der Waals surface area contributed by atoms with Crippen LogP contribution in [0.2, 0.25) is 0 Å². The Hall–Kier alpha value is -3.17. The number of likely N-dealkylation sites (tertiary alicyclic amines) is 1. The normalized spacial score (nSPS) is 27.4. The molecule has 1 aromatic rings. The molecule has 3 amide bonds. The Kier molecular flexibility index (Phi) is 6.51. The Labute approximate surface area is 197 Å². The van der Waals surface area contributed by atoms with Gasteiger partial charge in [0.05, 0.1) is 13.2 Å². The Balaban J connectivity index is 1.41. The van der Waals surface area contributed by atoms with Crippen molar-refractivity contribution in [2.45, 2.75) is 38.8 Å². The van der Waals surface area contributed by atoms with Gasteiger partial charge in [0.2, 0.25) is 11.8 Å². The molecule has 9 nitrogen and oxygen atoms in total. The second kappa shape index (κ2) is 9.23. The average Bonchev–Trinajstić information content (AvgIpc) is 3.16. The number of hydrogen-bond donors (Lipinski definition) is 2. The molecular formula is C24H30FN3O6. The zero-order valence-corrected chi connectivity index (χ0v) is 19.5. The van der Waals surface area contributed by atoms with E-state index in [-0.39, 0.29) is 53.6 Å². The number of hydrogen-bond acceptors (Lipinski definition) is 6. The van der Waals surface area contributed by atoms with Crippen LogP contribution in [0.15, 0.2) is 18.2 Å². The molecule has 1 aliphatic carbocycles. The van der Waals surface area contributed by atoms with Crippen LogP contribution in [0.1, 0.15) is 26.7 Å². The van der Waals surface area contributed by atoms with Crippen molar-refractivity contribution in [1.29, 1.82) is 0 Å². The number of piperidine rings is 1. The Bertz CT molecular complexity index is 999. The number of amides is 3. The zero-order valence-electron chi connectivity index (χ0n) is 19.5. The maximum atomic E-state index is 13.9. The summed E-state index contributed by atoms with van der Waals surface area (Å²) < 4.78 is 24.3. The summed E-state index contributed by atoms with van der Waals surface area (Å²) in [6.07, 6.45) is 1.49. The van der Waals surface area contributed by atoms with Crippen molar-refractivity contribution in [3.05, 3.63) is 24.0 Å². The summed E-state index contributed by atoms with van der Waals surface area (Å²) in [6, 6.07) is 2.50. The summed E-state index contributed by atoms with van der Waals surface area (Å²) in [5.74, 6) is -1.46. The Morgan fingerprint density at radius 1 is 1.38 bits per heavy atom. The van der Waals surface area contributed by atoms with Gasteiger partial charge in [-0.05, 0) is 42.2 Å². The summed E-state index contributed by atoms with van der Waals surface area (Å²) in [4.78, 5) is 51.2. The quantitative estimate of drug-likeness (QED) is 0.513. The van der Waals surface area contributed by atoms with Crippen molar-refractivity contribution >= 4 is 24.0 Å². The maximum absolute atomic E-state index is 13.9. The van der Waals surface area contributed by atoms with E-state index in [0.717, 1.165) is 6.07 Å². The standard InChI is InChI=1S/C24H30FN3O6/c1-24(2)16-10-28(19(30)12-34-15-4-5-18(33-3)17(25)9-15)21(20(16)24)23(32)27-14(11-29)8-13-6-7-26-22(13)31/h4-5,9,11,13-14,16,20-21H,6-8,10,12H2,1-3H3,(H,26,31)(H,27,32)/t13-,14-,16-,20-,21+/m0/s1. The zero-order chi connectivity index (χ0) is 24.6. The highest BCUT2D eigenvalue weighted by Crippen LogP contribution is 2.64. The first-order valence-corrected chi connectivity index (χ1v) is 11.5. The molecule has 34 heavy (non-hydrogen) atoms. The number of halogens is 1. The van der Waals surface area contributed by atoms with Crippen molar-refractivity contribution in [1.82, 2.24) is 15.5 Å². The van der Waals surface area contributed by atoms with E-state index in [2.05, 4.69) is 24.5 Å². The number of carbonyl (C=O) groups is 4. The number of rotatable bonds is 9. The molecule has 2 saturated heterocycles. The maximum Gasteiger partial charge on any atom is 0.261 e. The van der Waals surface area contributed by atoms with Crippen LogP contribution in [0.3, 0.4) is 0 Å². The molecule has 2 aliphatic heterocycles. The molecular weight excluding hydrogens is 445 g/mol. The van der Waals surface area contributed by atoms with Crippen LogP contribution in [0.5, 0.6) is 11.5 Å². The minimum absolute atomic E-state index is 0.0306. The molecule has 0 unspecified atom stereocenters. The second-order valence-corrected chi connectivity index (χ2v) is 9.79. The van der Waals surface area contributed by atoms with Gasteiger partial charge in [0.25, 0.3) is 5.91 Å². The lowest BCUT2D eigenvalue weighted by Crippen LogP contribution is -2.53.